The minimum Gasteiger partial charge on any atom is -0.543 e. The van der Waals surface area contributed by atoms with Crippen molar-refractivity contribution in [2.75, 3.05) is 0 Å². The Morgan fingerprint density at radius 1 is 1.14 bits per heavy atom. The average Bonchev–Trinajstić information content (AvgIpc) is 2.34. The number of rotatable bonds is 2. The zero-order chi connectivity index (χ0) is 16.6. The molecule has 0 saturated heterocycles. The first-order valence-electron chi connectivity index (χ1n) is 8.58. The van der Waals surface area contributed by atoms with E-state index in [1.54, 1.807) is 0 Å². The van der Waals surface area contributed by atoms with Gasteiger partial charge in [0.1, 0.15) is 5.75 Å². The van der Waals surface area contributed by atoms with Gasteiger partial charge in [-0.05, 0) is 67.6 Å². The molecule has 22 heavy (non-hydrogen) atoms. The van der Waals surface area contributed by atoms with Crippen molar-refractivity contribution in [1.82, 2.24) is 0 Å². The number of benzene rings is 1. The van der Waals surface area contributed by atoms with E-state index in [4.69, 9.17) is 4.43 Å². The third-order valence-corrected chi connectivity index (χ3v) is 9.80. The Morgan fingerprint density at radius 3 is 2.45 bits per heavy atom. The standard InChI is InChI=1S/C19H32O2Si/c1-18(2,3)22(5,6)21-16-11-12-17-15(14-16)10-8-7-9-13-19(17,4)20/h11-12,14,20H,7-10,13H2,1-6H3. The molecule has 2 nitrogen and oxygen atoms in total. The van der Waals surface area contributed by atoms with Gasteiger partial charge in [0.05, 0.1) is 5.60 Å². The molecule has 124 valence electrons. The predicted molar refractivity (Wildman–Crippen MR) is 96.0 cm³/mol. The molecule has 0 aliphatic heterocycles. The maximum atomic E-state index is 10.8. The summed E-state index contributed by atoms with van der Waals surface area (Å²) in [5, 5.41) is 10.9. The van der Waals surface area contributed by atoms with Crippen LogP contribution in [0.2, 0.25) is 18.1 Å². The molecule has 1 aromatic carbocycles. The van der Waals surface area contributed by atoms with E-state index in [0.29, 0.717) is 0 Å². The first-order valence-corrected chi connectivity index (χ1v) is 11.5. The monoisotopic (exact) mass is 320 g/mol. The van der Waals surface area contributed by atoms with E-state index >= 15 is 0 Å². The van der Waals surface area contributed by atoms with E-state index in [1.165, 1.54) is 18.4 Å². The van der Waals surface area contributed by atoms with Crippen molar-refractivity contribution in [3.8, 4) is 5.75 Å². The van der Waals surface area contributed by atoms with Crippen LogP contribution in [0.3, 0.4) is 0 Å². The molecule has 1 aliphatic carbocycles. The molecule has 1 N–H and O–H groups in total. The first kappa shape index (κ1) is 17.5. The Kier molecular flexibility index (Phi) is 4.79. The fourth-order valence-electron chi connectivity index (χ4n) is 2.91. The molecule has 0 saturated carbocycles. The summed E-state index contributed by atoms with van der Waals surface area (Å²) in [5.74, 6) is 0.974. The van der Waals surface area contributed by atoms with E-state index in [2.05, 4.69) is 52.1 Å². The van der Waals surface area contributed by atoms with Gasteiger partial charge in [-0.3, -0.25) is 0 Å². The zero-order valence-corrected chi connectivity index (χ0v) is 16.1. The van der Waals surface area contributed by atoms with Gasteiger partial charge in [-0.2, -0.15) is 0 Å². The molecular formula is C19H32O2Si. The van der Waals surface area contributed by atoms with Gasteiger partial charge in [-0.1, -0.05) is 39.7 Å². The summed E-state index contributed by atoms with van der Waals surface area (Å²) in [6.07, 6.45) is 5.40. The van der Waals surface area contributed by atoms with E-state index in [0.717, 1.165) is 30.6 Å². The highest BCUT2D eigenvalue weighted by atomic mass is 28.4. The lowest BCUT2D eigenvalue weighted by Crippen LogP contribution is -2.43. The van der Waals surface area contributed by atoms with Crippen LogP contribution < -0.4 is 4.43 Å². The van der Waals surface area contributed by atoms with Crippen LogP contribution in [0.5, 0.6) is 5.75 Å². The van der Waals surface area contributed by atoms with Gasteiger partial charge in [0.25, 0.3) is 0 Å². The molecule has 0 bridgehead atoms. The molecule has 3 heteroatoms. The lowest BCUT2D eigenvalue weighted by atomic mass is 9.83. The summed E-state index contributed by atoms with van der Waals surface area (Å²) in [5.41, 5.74) is 1.65. The summed E-state index contributed by atoms with van der Waals surface area (Å²) < 4.78 is 6.43. The first-order chi connectivity index (χ1) is 10.0. The van der Waals surface area contributed by atoms with E-state index in [1.807, 2.05) is 6.92 Å². The van der Waals surface area contributed by atoms with Gasteiger partial charge in [-0.25, -0.2) is 0 Å². The van der Waals surface area contributed by atoms with Crippen molar-refractivity contribution in [3.05, 3.63) is 29.3 Å². The van der Waals surface area contributed by atoms with Crippen LogP contribution in [-0.4, -0.2) is 13.4 Å². The van der Waals surface area contributed by atoms with Crippen LogP contribution >= 0.6 is 0 Å². The van der Waals surface area contributed by atoms with Gasteiger partial charge < -0.3 is 9.53 Å². The van der Waals surface area contributed by atoms with Crippen molar-refractivity contribution in [2.24, 2.45) is 0 Å². The highest BCUT2D eigenvalue weighted by Gasteiger charge is 2.39. The van der Waals surface area contributed by atoms with E-state index in [9.17, 15) is 5.11 Å². The molecule has 0 amide bonds. The van der Waals surface area contributed by atoms with Crippen LogP contribution in [-0.2, 0) is 12.0 Å². The summed E-state index contributed by atoms with van der Waals surface area (Å²) >= 11 is 0. The average molecular weight is 321 g/mol. The molecule has 0 radical (unpaired) electrons. The minimum absolute atomic E-state index is 0.197. The second kappa shape index (κ2) is 6.01. The van der Waals surface area contributed by atoms with Crippen molar-refractivity contribution in [1.29, 1.82) is 0 Å². The lowest BCUT2D eigenvalue weighted by molar-refractivity contribution is 0.0423. The minimum atomic E-state index is -1.81. The highest BCUT2D eigenvalue weighted by Crippen LogP contribution is 2.39. The molecule has 1 aliphatic rings. The Labute approximate surface area is 137 Å². The highest BCUT2D eigenvalue weighted by molar-refractivity contribution is 6.74. The molecule has 1 aromatic rings. The number of aryl methyl sites for hydroxylation is 1. The molecule has 0 spiro atoms. The van der Waals surface area contributed by atoms with Gasteiger partial charge in [0, 0.05) is 0 Å². The Balaban J connectivity index is 2.32. The molecule has 0 heterocycles. The Morgan fingerprint density at radius 2 is 1.82 bits per heavy atom. The molecule has 2 rings (SSSR count). The SMILES string of the molecule is CC1(O)CCCCCc2cc(O[Si](C)(C)C(C)(C)C)ccc21. The summed E-state index contributed by atoms with van der Waals surface area (Å²) in [6.45, 7) is 13.3. The normalized spacial score (nSPS) is 23.4. The third kappa shape index (κ3) is 3.75. The van der Waals surface area contributed by atoms with Gasteiger partial charge in [-0.15, -0.1) is 0 Å². The maximum Gasteiger partial charge on any atom is 0.250 e. The van der Waals surface area contributed by atoms with E-state index in [-0.39, 0.29) is 5.04 Å². The predicted octanol–water partition coefficient (Wildman–Crippen LogP) is 5.39. The maximum absolute atomic E-state index is 10.8. The van der Waals surface area contributed by atoms with Crippen LogP contribution in [0.1, 0.15) is 64.5 Å². The van der Waals surface area contributed by atoms with Crippen molar-refractivity contribution < 1.29 is 9.53 Å². The third-order valence-electron chi connectivity index (χ3n) is 5.45. The topological polar surface area (TPSA) is 29.5 Å². The summed E-state index contributed by atoms with van der Waals surface area (Å²) in [4.78, 5) is 0. The van der Waals surface area contributed by atoms with Crippen molar-refractivity contribution in [3.63, 3.8) is 0 Å². The van der Waals surface area contributed by atoms with Gasteiger partial charge >= 0.3 is 0 Å². The van der Waals surface area contributed by atoms with Gasteiger partial charge in [0.15, 0.2) is 0 Å². The van der Waals surface area contributed by atoms with Crippen LogP contribution in [0.4, 0.5) is 0 Å². The number of hydrogen-bond acceptors (Lipinski definition) is 2. The number of hydrogen-bond donors (Lipinski definition) is 1. The summed E-state index contributed by atoms with van der Waals surface area (Å²) in [7, 11) is -1.81. The van der Waals surface area contributed by atoms with Crippen LogP contribution in [0.15, 0.2) is 18.2 Å². The molecule has 1 atom stereocenters. The number of aliphatic hydroxyl groups is 1. The second-order valence-electron chi connectivity index (χ2n) is 8.52. The molecular weight excluding hydrogens is 288 g/mol. The largest absolute Gasteiger partial charge is 0.543 e. The fourth-order valence-corrected chi connectivity index (χ4v) is 3.93. The van der Waals surface area contributed by atoms with Crippen LogP contribution in [0, 0.1) is 0 Å². The Bertz CT molecular complexity index is 527. The van der Waals surface area contributed by atoms with Crippen molar-refractivity contribution >= 4 is 8.32 Å². The Hall–Kier alpha value is -0.803. The smallest absolute Gasteiger partial charge is 0.250 e. The number of fused-ring (bicyclic) bond motifs is 1. The lowest BCUT2D eigenvalue weighted by Gasteiger charge is -2.37. The molecule has 1 unspecified atom stereocenters. The quantitative estimate of drug-likeness (QED) is 0.740. The fraction of sp³-hybridized carbons (Fsp3) is 0.684. The zero-order valence-electron chi connectivity index (χ0n) is 15.1. The molecule has 0 fully saturated rings. The van der Waals surface area contributed by atoms with Crippen molar-refractivity contribution in [2.45, 2.75) is 83.5 Å². The summed E-state index contributed by atoms with van der Waals surface area (Å²) in [6, 6.07) is 6.31. The second-order valence-corrected chi connectivity index (χ2v) is 13.2. The van der Waals surface area contributed by atoms with E-state index < -0.39 is 13.9 Å². The van der Waals surface area contributed by atoms with Gasteiger partial charge in [0.2, 0.25) is 8.32 Å². The molecule has 0 aromatic heterocycles. The van der Waals surface area contributed by atoms with Crippen LogP contribution in [0.25, 0.3) is 0 Å².